The van der Waals surface area contributed by atoms with Gasteiger partial charge in [0, 0.05) is 36.6 Å². The summed E-state index contributed by atoms with van der Waals surface area (Å²) >= 11 is 0. The van der Waals surface area contributed by atoms with Gasteiger partial charge in [-0.15, -0.1) is 0 Å². The molecular formula is C15H21N5O. The van der Waals surface area contributed by atoms with Gasteiger partial charge < -0.3 is 4.90 Å². The second-order valence-electron chi connectivity index (χ2n) is 6.07. The third-order valence-corrected chi connectivity index (χ3v) is 4.51. The predicted molar refractivity (Wildman–Crippen MR) is 78.7 cm³/mol. The predicted octanol–water partition coefficient (Wildman–Crippen LogP) is 1.49. The Balaban J connectivity index is 1.62. The molecule has 6 nitrogen and oxygen atoms in total. The first-order valence-electron chi connectivity index (χ1n) is 7.34. The monoisotopic (exact) mass is 287 g/mol. The topological polar surface area (TPSA) is 66.8 Å². The minimum atomic E-state index is 0.0864. The number of hydrogen-bond donors (Lipinski definition) is 1. The summed E-state index contributed by atoms with van der Waals surface area (Å²) in [6.07, 6.45) is 7.30. The summed E-state index contributed by atoms with van der Waals surface area (Å²) in [7, 11) is 0. The van der Waals surface area contributed by atoms with Crippen molar-refractivity contribution in [1.82, 2.24) is 24.9 Å². The Bertz CT molecular complexity index is 608. The summed E-state index contributed by atoms with van der Waals surface area (Å²) in [6, 6.07) is 1.83. The van der Waals surface area contributed by atoms with Gasteiger partial charge in [-0.2, -0.15) is 10.2 Å². The summed E-state index contributed by atoms with van der Waals surface area (Å²) < 4.78 is 1.68. The zero-order valence-electron chi connectivity index (χ0n) is 12.5. The van der Waals surface area contributed by atoms with Crippen molar-refractivity contribution in [3.05, 3.63) is 35.9 Å². The Morgan fingerprint density at radius 3 is 2.76 bits per heavy atom. The molecule has 0 unspecified atom stereocenters. The van der Waals surface area contributed by atoms with E-state index in [9.17, 15) is 4.79 Å². The maximum absolute atomic E-state index is 12.3. The first-order valence-corrected chi connectivity index (χ1v) is 7.34. The average Bonchev–Trinajstić information content (AvgIpc) is 3.11. The first kappa shape index (κ1) is 13.9. The second kappa shape index (κ2) is 5.35. The molecule has 2 aromatic heterocycles. The Morgan fingerprint density at radius 2 is 2.19 bits per heavy atom. The Kier molecular flexibility index (Phi) is 3.53. The lowest BCUT2D eigenvalue weighted by atomic mass is 9.76. The lowest BCUT2D eigenvalue weighted by Crippen LogP contribution is -2.45. The fourth-order valence-corrected chi connectivity index (χ4v) is 3.09. The Labute approximate surface area is 124 Å². The second-order valence-corrected chi connectivity index (χ2v) is 6.07. The normalized spacial score (nSPS) is 17.9. The van der Waals surface area contributed by atoms with Gasteiger partial charge in [-0.25, -0.2) is 0 Å². The van der Waals surface area contributed by atoms with Gasteiger partial charge in [0.1, 0.15) is 6.54 Å². The molecule has 0 bridgehead atoms. The highest BCUT2D eigenvalue weighted by Crippen LogP contribution is 2.35. The summed E-state index contributed by atoms with van der Waals surface area (Å²) in [4.78, 5) is 14.2. The summed E-state index contributed by atoms with van der Waals surface area (Å²) in [5, 5.41) is 11.3. The highest BCUT2D eigenvalue weighted by atomic mass is 16.2. The van der Waals surface area contributed by atoms with E-state index in [1.165, 1.54) is 11.3 Å². The van der Waals surface area contributed by atoms with E-state index in [1.807, 2.05) is 23.4 Å². The number of carbonyl (C=O) groups is 1. The standard InChI is InChI=1S/C15H21N5O/c1-12-10-16-18-14(12)15(2)4-8-19(9-5-15)13(21)11-20-7-3-6-17-20/h3,6-7,10H,4-5,8-9,11H2,1-2H3,(H,16,18). The van der Waals surface area contributed by atoms with Crippen LogP contribution in [0.5, 0.6) is 0 Å². The summed E-state index contributed by atoms with van der Waals surface area (Å²) in [5.74, 6) is 0.141. The van der Waals surface area contributed by atoms with Crippen LogP contribution in [0.2, 0.25) is 0 Å². The van der Waals surface area contributed by atoms with Crippen LogP contribution in [0, 0.1) is 6.92 Å². The zero-order chi connectivity index (χ0) is 14.9. The van der Waals surface area contributed by atoms with E-state index in [4.69, 9.17) is 0 Å². The van der Waals surface area contributed by atoms with E-state index in [0.717, 1.165) is 25.9 Å². The van der Waals surface area contributed by atoms with Gasteiger partial charge >= 0.3 is 0 Å². The van der Waals surface area contributed by atoms with Crippen LogP contribution in [0.25, 0.3) is 0 Å². The zero-order valence-corrected chi connectivity index (χ0v) is 12.5. The molecule has 1 aliphatic rings. The van der Waals surface area contributed by atoms with Gasteiger partial charge in [0.15, 0.2) is 0 Å². The van der Waals surface area contributed by atoms with Crippen molar-refractivity contribution in [3.63, 3.8) is 0 Å². The number of aromatic amines is 1. The molecule has 21 heavy (non-hydrogen) atoms. The molecule has 1 N–H and O–H groups in total. The van der Waals surface area contributed by atoms with Crippen LogP contribution in [-0.2, 0) is 16.8 Å². The SMILES string of the molecule is Cc1cn[nH]c1C1(C)CCN(C(=O)Cn2cccn2)CC1. The molecule has 0 saturated carbocycles. The molecule has 3 heterocycles. The largest absolute Gasteiger partial charge is 0.341 e. The molecule has 2 aromatic rings. The fourth-order valence-electron chi connectivity index (χ4n) is 3.09. The quantitative estimate of drug-likeness (QED) is 0.930. The number of aromatic nitrogens is 4. The van der Waals surface area contributed by atoms with E-state index in [-0.39, 0.29) is 11.3 Å². The highest BCUT2D eigenvalue weighted by Gasteiger charge is 2.35. The summed E-state index contributed by atoms with van der Waals surface area (Å²) in [6.45, 7) is 6.24. The maximum Gasteiger partial charge on any atom is 0.244 e. The first-order chi connectivity index (χ1) is 10.1. The van der Waals surface area contributed by atoms with Crippen molar-refractivity contribution >= 4 is 5.91 Å². The number of amides is 1. The van der Waals surface area contributed by atoms with E-state index >= 15 is 0 Å². The lowest BCUT2D eigenvalue weighted by Gasteiger charge is -2.39. The van der Waals surface area contributed by atoms with Gasteiger partial charge in [0.05, 0.1) is 6.20 Å². The summed E-state index contributed by atoms with van der Waals surface area (Å²) in [5.41, 5.74) is 2.50. The molecule has 112 valence electrons. The van der Waals surface area contributed by atoms with Crippen molar-refractivity contribution in [2.45, 2.75) is 38.6 Å². The number of H-pyrrole nitrogens is 1. The van der Waals surface area contributed by atoms with Gasteiger partial charge in [0.2, 0.25) is 5.91 Å². The molecule has 1 aliphatic heterocycles. The van der Waals surface area contributed by atoms with E-state index in [2.05, 4.69) is 29.1 Å². The van der Waals surface area contributed by atoms with Gasteiger partial charge in [-0.05, 0) is 31.4 Å². The van der Waals surface area contributed by atoms with Crippen molar-refractivity contribution < 1.29 is 4.79 Å². The minimum Gasteiger partial charge on any atom is -0.341 e. The van der Waals surface area contributed by atoms with Crippen molar-refractivity contribution in [2.24, 2.45) is 0 Å². The van der Waals surface area contributed by atoms with Crippen LogP contribution < -0.4 is 0 Å². The average molecular weight is 287 g/mol. The molecule has 1 saturated heterocycles. The van der Waals surface area contributed by atoms with Crippen LogP contribution in [0.3, 0.4) is 0 Å². The molecule has 0 aromatic carbocycles. The number of carbonyl (C=O) groups excluding carboxylic acids is 1. The molecule has 6 heteroatoms. The van der Waals surface area contributed by atoms with Gasteiger partial charge in [-0.3, -0.25) is 14.6 Å². The Hall–Kier alpha value is -2.11. The molecule has 0 spiro atoms. The maximum atomic E-state index is 12.3. The Morgan fingerprint density at radius 1 is 1.43 bits per heavy atom. The van der Waals surface area contributed by atoms with E-state index in [1.54, 1.807) is 10.9 Å². The number of nitrogens with zero attached hydrogens (tertiary/aromatic N) is 4. The molecule has 1 amide bonds. The van der Waals surface area contributed by atoms with E-state index < -0.39 is 0 Å². The third kappa shape index (κ3) is 2.70. The lowest BCUT2D eigenvalue weighted by molar-refractivity contribution is -0.133. The number of likely N-dealkylation sites (tertiary alicyclic amines) is 1. The molecule has 0 atom stereocenters. The van der Waals surface area contributed by atoms with E-state index in [0.29, 0.717) is 6.54 Å². The van der Waals surface area contributed by atoms with Gasteiger partial charge in [-0.1, -0.05) is 6.92 Å². The number of hydrogen-bond acceptors (Lipinski definition) is 3. The molecule has 3 rings (SSSR count). The van der Waals surface area contributed by atoms with Crippen molar-refractivity contribution in [3.8, 4) is 0 Å². The number of aryl methyl sites for hydroxylation is 1. The molecule has 0 aliphatic carbocycles. The molecule has 1 fully saturated rings. The molecule has 0 radical (unpaired) electrons. The third-order valence-electron chi connectivity index (χ3n) is 4.51. The smallest absolute Gasteiger partial charge is 0.244 e. The van der Waals surface area contributed by atoms with Crippen molar-refractivity contribution in [1.29, 1.82) is 0 Å². The minimum absolute atomic E-state index is 0.0864. The van der Waals surface area contributed by atoms with Crippen LogP contribution in [-0.4, -0.2) is 43.9 Å². The number of rotatable bonds is 3. The van der Waals surface area contributed by atoms with Crippen LogP contribution in [0.15, 0.2) is 24.7 Å². The van der Waals surface area contributed by atoms with Crippen molar-refractivity contribution in [2.75, 3.05) is 13.1 Å². The van der Waals surface area contributed by atoms with Crippen LogP contribution in [0.4, 0.5) is 0 Å². The van der Waals surface area contributed by atoms with Crippen LogP contribution in [0.1, 0.15) is 31.0 Å². The number of piperidine rings is 1. The highest BCUT2D eigenvalue weighted by molar-refractivity contribution is 5.76. The number of nitrogens with one attached hydrogen (secondary N) is 1. The van der Waals surface area contributed by atoms with Gasteiger partial charge in [0.25, 0.3) is 0 Å². The van der Waals surface area contributed by atoms with Crippen LogP contribution >= 0.6 is 0 Å². The molecular weight excluding hydrogens is 266 g/mol. The fraction of sp³-hybridized carbons (Fsp3) is 0.533.